The summed E-state index contributed by atoms with van der Waals surface area (Å²) in [6.07, 6.45) is 4.29. The van der Waals surface area contributed by atoms with E-state index in [1.165, 1.54) is 0 Å². The van der Waals surface area contributed by atoms with Gasteiger partial charge in [-0.1, -0.05) is 42.5 Å². The van der Waals surface area contributed by atoms with Gasteiger partial charge in [-0.3, -0.25) is 4.79 Å². The first kappa shape index (κ1) is 24.5. The first-order valence-electron chi connectivity index (χ1n) is 12.3. The van der Waals surface area contributed by atoms with Gasteiger partial charge < -0.3 is 20.3 Å². The Labute approximate surface area is 207 Å². The van der Waals surface area contributed by atoms with Crippen LogP contribution >= 0.6 is 0 Å². The molecule has 1 aliphatic carbocycles. The van der Waals surface area contributed by atoms with Crippen LogP contribution in [0.4, 0.5) is 11.6 Å². The van der Waals surface area contributed by atoms with Crippen molar-refractivity contribution in [2.45, 2.75) is 57.7 Å². The summed E-state index contributed by atoms with van der Waals surface area (Å²) in [6, 6.07) is 20.4. The van der Waals surface area contributed by atoms with Gasteiger partial charge in [0.1, 0.15) is 29.8 Å². The number of ether oxygens (including phenoxy) is 1. The van der Waals surface area contributed by atoms with Gasteiger partial charge in [-0.2, -0.15) is 0 Å². The van der Waals surface area contributed by atoms with E-state index in [1.54, 1.807) is 0 Å². The highest BCUT2D eigenvalue weighted by molar-refractivity contribution is 5.78. The molecular weight excluding hydrogens is 438 g/mol. The standard InChI is InChI=1S/C28H35N5O2/c1-20-29-26(18-27(30-20)33(2)3)31-23-11-13-24(14-12-23)32-28(34)17-21-9-15-25(16-10-21)35-19-22-7-5-4-6-8-22/h4-10,15-16,18,23-24H,11-14,17,19H2,1-3H3,(H,32,34)(H,29,30,31). The first-order valence-corrected chi connectivity index (χ1v) is 12.3. The molecule has 1 aliphatic rings. The van der Waals surface area contributed by atoms with E-state index in [-0.39, 0.29) is 11.9 Å². The molecule has 0 bridgehead atoms. The van der Waals surface area contributed by atoms with Crippen molar-refractivity contribution in [3.63, 3.8) is 0 Å². The average molecular weight is 474 g/mol. The van der Waals surface area contributed by atoms with Crippen molar-refractivity contribution in [2.75, 3.05) is 24.3 Å². The van der Waals surface area contributed by atoms with Crippen molar-refractivity contribution < 1.29 is 9.53 Å². The molecule has 7 heteroatoms. The Hall–Kier alpha value is -3.61. The summed E-state index contributed by atoms with van der Waals surface area (Å²) in [4.78, 5) is 23.6. The van der Waals surface area contributed by atoms with Gasteiger partial charge in [-0.15, -0.1) is 0 Å². The summed E-state index contributed by atoms with van der Waals surface area (Å²) in [5.41, 5.74) is 2.12. The highest BCUT2D eigenvalue weighted by Crippen LogP contribution is 2.23. The van der Waals surface area contributed by atoms with Crippen LogP contribution in [0.5, 0.6) is 5.75 Å². The third kappa shape index (κ3) is 7.44. The number of benzene rings is 2. The summed E-state index contributed by atoms with van der Waals surface area (Å²) < 4.78 is 5.83. The van der Waals surface area contributed by atoms with Gasteiger partial charge in [-0.05, 0) is 55.9 Å². The lowest BCUT2D eigenvalue weighted by molar-refractivity contribution is -0.121. The van der Waals surface area contributed by atoms with E-state index in [1.807, 2.05) is 86.6 Å². The second-order valence-corrected chi connectivity index (χ2v) is 9.41. The van der Waals surface area contributed by atoms with Gasteiger partial charge in [0, 0.05) is 32.2 Å². The second-order valence-electron chi connectivity index (χ2n) is 9.41. The summed E-state index contributed by atoms with van der Waals surface area (Å²) in [6.45, 7) is 2.45. The van der Waals surface area contributed by atoms with Crippen molar-refractivity contribution in [1.82, 2.24) is 15.3 Å². The molecule has 1 saturated carbocycles. The highest BCUT2D eigenvalue weighted by atomic mass is 16.5. The van der Waals surface area contributed by atoms with Crippen LogP contribution in [0.15, 0.2) is 60.7 Å². The van der Waals surface area contributed by atoms with Gasteiger partial charge in [0.05, 0.1) is 6.42 Å². The van der Waals surface area contributed by atoms with Crippen LogP contribution in [0, 0.1) is 6.92 Å². The van der Waals surface area contributed by atoms with Crippen LogP contribution in [0.2, 0.25) is 0 Å². The molecule has 3 aromatic rings. The van der Waals surface area contributed by atoms with Crippen molar-refractivity contribution in [2.24, 2.45) is 0 Å². The molecule has 0 atom stereocenters. The van der Waals surface area contributed by atoms with Crippen LogP contribution in [0.3, 0.4) is 0 Å². The number of carbonyl (C=O) groups is 1. The van der Waals surface area contributed by atoms with Crippen molar-refractivity contribution in [3.8, 4) is 5.75 Å². The van der Waals surface area contributed by atoms with E-state index >= 15 is 0 Å². The lowest BCUT2D eigenvalue weighted by Crippen LogP contribution is -2.40. The maximum absolute atomic E-state index is 12.6. The molecule has 1 amide bonds. The third-order valence-corrected chi connectivity index (χ3v) is 6.26. The number of aromatic nitrogens is 2. The third-order valence-electron chi connectivity index (χ3n) is 6.26. The monoisotopic (exact) mass is 473 g/mol. The Bertz CT molecular complexity index is 1090. The van der Waals surface area contributed by atoms with Crippen LogP contribution in [0.25, 0.3) is 0 Å². The smallest absolute Gasteiger partial charge is 0.224 e. The summed E-state index contributed by atoms with van der Waals surface area (Å²) in [7, 11) is 3.96. The maximum Gasteiger partial charge on any atom is 0.224 e. The molecule has 0 unspecified atom stereocenters. The molecule has 35 heavy (non-hydrogen) atoms. The number of hydrogen-bond donors (Lipinski definition) is 2. The molecule has 2 N–H and O–H groups in total. The number of nitrogens with zero attached hydrogens (tertiary/aromatic N) is 3. The van der Waals surface area contributed by atoms with E-state index < -0.39 is 0 Å². The highest BCUT2D eigenvalue weighted by Gasteiger charge is 2.23. The molecule has 1 aromatic heterocycles. The zero-order valence-corrected chi connectivity index (χ0v) is 20.8. The van der Waals surface area contributed by atoms with Crippen molar-refractivity contribution in [3.05, 3.63) is 77.6 Å². The quantitative estimate of drug-likeness (QED) is 0.476. The predicted octanol–water partition coefficient (Wildman–Crippen LogP) is 4.51. The fourth-order valence-corrected chi connectivity index (χ4v) is 4.35. The van der Waals surface area contributed by atoms with Crippen LogP contribution in [-0.4, -0.2) is 42.1 Å². The Morgan fingerprint density at radius 2 is 1.63 bits per heavy atom. The summed E-state index contributed by atoms with van der Waals surface area (Å²) in [5.74, 6) is 3.40. The Morgan fingerprint density at radius 3 is 2.31 bits per heavy atom. The summed E-state index contributed by atoms with van der Waals surface area (Å²) >= 11 is 0. The maximum atomic E-state index is 12.6. The lowest BCUT2D eigenvalue weighted by Gasteiger charge is -2.30. The van der Waals surface area contributed by atoms with Gasteiger partial charge in [0.15, 0.2) is 0 Å². The molecule has 7 nitrogen and oxygen atoms in total. The van der Waals surface area contributed by atoms with Crippen molar-refractivity contribution >= 4 is 17.5 Å². The number of hydrogen-bond acceptors (Lipinski definition) is 6. The first-order chi connectivity index (χ1) is 16.9. The molecule has 4 rings (SSSR count). The molecule has 1 fully saturated rings. The fourth-order valence-electron chi connectivity index (χ4n) is 4.35. The van der Waals surface area contributed by atoms with Gasteiger partial charge >= 0.3 is 0 Å². The van der Waals surface area contributed by atoms with E-state index in [4.69, 9.17) is 4.74 Å². The molecule has 0 spiro atoms. The van der Waals surface area contributed by atoms with Crippen LogP contribution in [-0.2, 0) is 17.8 Å². The fraction of sp³-hybridized carbons (Fsp3) is 0.393. The van der Waals surface area contributed by atoms with E-state index in [0.717, 1.165) is 60.0 Å². The van der Waals surface area contributed by atoms with Crippen molar-refractivity contribution in [1.29, 1.82) is 0 Å². The number of anilines is 2. The molecular formula is C28H35N5O2. The molecule has 0 aliphatic heterocycles. The molecule has 1 heterocycles. The van der Waals surface area contributed by atoms with E-state index in [2.05, 4.69) is 20.6 Å². The lowest BCUT2D eigenvalue weighted by atomic mass is 9.91. The molecule has 184 valence electrons. The van der Waals surface area contributed by atoms with Gasteiger partial charge in [-0.25, -0.2) is 9.97 Å². The Morgan fingerprint density at radius 1 is 0.943 bits per heavy atom. The van der Waals surface area contributed by atoms with E-state index in [0.29, 0.717) is 19.1 Å². The largest absolute Gasteiger partial charge is 0.489 e. The minimum Gasteiger partial charge on any atom is -0.489 e. The Kier molecular flexibility index (Phi) is 8.19. The number of nitrogens with one attached hydrogen (secondary N) is 2. The number of carbonyl (C=O) groups excluding carboxylic acids is 1. The molecule has 0 radical (unpaired) electrons. The average Bonchev–Trinajstić information content (AvgIpc) is 2.85. The van der Waals surface area contributed by atoms with E-state index in [9.17, 15) is 4.79 Å². The zero-order chi connectivity index (χ0) is 24.6. The molecule has 2 aromatic carbocycles. The SMILES string of the molecule is Cc1nc(NC2CCC(NC(=O)Cc3ccc(OCc4ccccc4)cc3)CC2)cc(N(C)C)n1. The number of aryl methyl sites for hydroxylation is 1. The second kappa shape index (κ2) is 11.7. The zero-order valence-electron chi connectivity index (χ0n) is 20.8. The predicted molar refractivity (Wildman–Crippen MR) is 140 cm³/mol. The summed E-state index contributed by atoms with van der Waals surface area (Å²) in [5, 5.41) is 6.77. The topological polar surface area (TPSA) is 79.4 Å². The minimum absolute atomic E-state index is 0.0708. The molecule has 0 saturated heterocycles. The normalized spacial score (nSPS) is 17.5. The minimum atomic E-state index is 0.0708. The van der Waals surface area contributed by atoms with Crippen LogP contribution < -0.4 is 20.3 Å². The van der Waals surface area contributed by atoms with Gasteiger partial charge in [0.2, 0.25) is 5.91 Å². The van der Waals surface area contributed by atoms with Crippen LogP contribution in [0.1, 0.15) is 42.6 Å². The number of rotatable bonds is 9. The van der Waals surface area contributed by atoms with Gasteiger partial charge in [0.25, 0.3) is 0 Å². The number of amides is 1. The Balaban J connectivity index is 1.19.